The fraction of sp³-hybridized carbons (Fsp3) is 0.0667. The SMILES string of the molecule is Fc1cc(Br)ccc1CSc1n[nH]c(-c2ccccc2)n1. The van der Waals surface area contributed by atoms with Gasteiger partial charge in [0, 0.05) is 15.8 Å². The van der Waals surface area contributed by atoms with E-state index in [0.717, 1.165) is 15.9 Å². The van der Waals surface area contributed by atoms with Crippen LogP contribution >= 0.6 is 27.7 Å². The second-order valence-corrected chi connectivity index (χ2v) is 6.22. The van der Waals surface area contributed by atoms with Gasteiger partial charge in [-0.25, -0.2) is 9.37 Å². The van der Waals surface area contributed by atoms with Gasteiger partial charge in [-0.3, -0.25) is 5.10 Å². The number of hydrogen-bond donors (Lipinski definition) is 1. The molecule has 0 bridgehead atoms. The summed E-state index contributed by atoms with van der Waals surface area (Å²) in [5.41, 5.74) is 1.61. The highest BCUT2D eigenvalue weighted by Crippen LogP contribution is 2.24. The van der Waals surface area contributed by atoms with Crippen LogP contribution in [0.1, 0.15) is 5.56 Å². The van der Waals surface area contributed by atoms with Crippen molar-refractivity contribution in [2.24, 2.45) is 0 Å². The highest BCUT2D eigenvalue weighted by molar-refractivity contribution is 9.10. The van der Waals surface area contributed by atoms with Crippen LogP contribution in [0, 0.1) is 5.82 Å². The Morgan fingerprint density at radius 1 is 1.14 bits per heavy atom. The van der Waals surface area contributed by atoms with E-state index in [0.29, 0.717) is 16.5 Å². The molecule has 0 aliphatic carbocycles. The quantitative estimate of drug-likeness (QED) is 0.685. The van der Waals surface area contributed by atoms with Crippen LogP contribution in [0.3, 0.4) is 0 Å². The zero-order valence-electron chi connectivity index (χ0n) is 10.9. The molecule has 106 valence electrons. The minimum atomic E-state index is -0.226. The Hall–Kier alpha value is -1.66. The summed E-state index contributed by atoms with van der Waals surface area (Å²) in [6.45, 7) is 0. The van der Waals surface area contributed by atoms with Crippen LogP contribution in [0.2, 0.25) is 0 Å². The van der Waals surface area contributed by atoms with E-state index in [1.165, 1.54) is 17.8 Å². The molecule has 1 heterocycles. The summed E-state index contributed by atoms with van der Waals surface area (Å²) in [4.78, 5) is 4.41. The standard InChI is InChI=1S/C15H11BrFN3S/c16-12-7-6-11(13(17)8-12)9-21-15-18-14(19-20-15)10-4-2-1-3-5-10/h1-8H,9H2,(H,18,19,20). The zero-order valence-corrected chi connectivity index (χ0v) is 13.3. The van der Waals surface area contributed by atoms with Crippen LogP contribution in [0.15, 0.2) is 58.2 Å². The van der Waals surface area contributed by atoms with Gasteiger partial charge in [-0.1, -0.05) is 64.1 Å². The Bertz CT molecular complexity index is 746. The lowest BCUT2D eigenvalue weighted by Crippen LogP contribution is -1.88. The van der Waals surface area contributed by atoms with Gasteiger partial charge in [0.1, 0.15) is 5.82 Å². The molecule has 0 aliphatic rings. The summed E-state index contributed by atoms with van der Waals surface area (Å²) in [5.74, 6) is 0.982. The number of aromatic nitrogens is 3. The van der Waals surface area contributed by atoms with Crippen molar-refractivity contribution < 1.29 is 4.39 Å². The molecule has 3 nitrogen and oxygen atoms in total. The van der Waals surface area contributed by atoms with E-state index in [1.54, 1.807) is 6.07 Å². The van der Waals surface area contributed by atoms with Gasteiger partial charge in [-0.05, 0) is 17.7 Å². The van der Waals surface area contributed by atoms with Crippen molar-refractivity contribution in [2.45, 2.75) is 10.9 Å². The number of nitrogens with zero attached hydrogens (tertiary/aromatic N) is 2. The monoisotopic (exact) mass is 363 g/mol. The molecule has 0 fully saturated rings. The van der Waals surface area contributed by atoms with E-state index in [1.807, 2.05) is 36.4 Å². The molecule has 3 rings (SSSR count). The molecular weight excluding hydrogens is 353 g/mol. The number of halogens is 2. The van der Waals surface area contributed by atoms with E-state index >= 15 is 0 Å². The van der Waals surface area contributed by atoms with Crippen molar-refractivity contribution in [1.82, 2.24) is 15.2 Å². The second-order valence-electron chi connectivity index (χ2n) is 4.36. The average molecular weight is 364 g/mol. The molecule has 0 atom stereocenters. The third kappa shape index (κ3) is 3.51. The van der Waals surface area contributed by atoms with E-state index in [4.69, 9.17) is 0 Å². The van der Waals surface area contributed by atoms with Gasteiger partial charge >= 0.3 is 0 Å². The van der Waals surface area contributed by atoms with Crippen LogP contribution in [0.4, 0.5) is 4.39 Å². The third-order valence-electron chi connectivity index (χ3n) is 2.88. The van der Waals surface area contributed by atoms with Gasteiger partial charge in [-0.2, -0.15) is 0 Å². The van der Waals surface area contributed by atoms with Crippen LogP contribution in [0.25, 0.3) is 11.4 Å². The summed E-state index contributed by atoms with van der Waals surface area (Å²) in [5, 5.41) is 7.66. The molecule has 0 unspecified atom stereocenters. The number of hydrogen-bond acceptors (Lipinski definition) is 3. The molecule has 1 aromatic heterocycles. The maximum atomic E-state index is 13.7. The normalized spacial score (nSPS) is 10.8. The van der Waals surface area contributed by atoms with Crippen molar-refractivity contribution >= 4 is 27.7 Å². The molecule has 0 spiro atoms. The second kappa shape index (κ2) is 6.41. The van der Waals surface area contributed by atoms with E-state index in [2.05, 4.69) is 31.1 Å². The molecular formula is C15H11BrFN3S. The van der Waals surface area contributed by atoms with Gasteiger partial charge in [0.2, 0.25) is 5.16 Å². The lowest BCUT2D eigenvalue weighted by molar-refractivity contribution is 0.616. The molecule has 0 aliphatic heterocycles. The maximum Gasteiger partial charge on any atom is 0.209 e. The van der Waals surface area contributed by atoms with Gasteiger partial charge < -0.3 is 0 Å². The molecule has 0 amide bonds. The van der Waals surface area contributed by atoms with Crippen LogP contribution in [-0.4, -0.2) is 15.2 Å². The molecule has 0 saturated heterocycles. The highest BCUT2D eigenvalue weighted by Gasteiger charge is 2.08. The summed E-state index contributed by atoms with van der Waals surface area (Å²) in [6, 6.07) is 14.8. The van der Waals surface area contributed by atoms with Gasteiger partial charge in [0.25, 0.3) is 0 Å². The zero-order chi connectivity index (χ0) is 14.7. The number of nitrogens with one attached hydrogen (secondary N) is 1. The van der Waals surface area contributed by atoms with Gasteiger partial charge in [-0.15, -0.1) is 5.10 Å². The smallest absolute Gasteiger partial charge is 0.209 e. The number of thioether (sulfide) groups is 1. The first-order valence-corrected chi connectivity index (χ1v) is 8.05. The molecule has 0 radical (unpaired) electrons. The van der Waals surface area contributed by atoms with E-state index < -0.39 is 0 Å². The fourth-order valence-corrected chi connectivity index (χ4v) is 2.94. The van der Waals surface area contributed by atoms with Crippen molar-refractivity contribution in [1.29, 1.82) is 0 Å². The Morgan fingerprint density at radius 2 is 1.95 bits per heavy atom. The Morgan fingerprint density at radius 3 is 2.71 bits per heavy atom. The topological polar surface area (TPSA) is 41.6 Å². The lowest BCUT2D eigenvalue weighted by atomic mass is 10.2. The highest BCUT2D eigenvalue weighted by atomic mass is 79.9. The van der Waals surface area contributed by atoms with Crippen LogP contribution < -0.4 is 0 Å². The molecule has 3 aromatic rings. The lowest BCUT2D eigenvalue weighted by Gasteiger charge is -2.01. The predicted octanol–water partition coefficient (Wildman–Crippen LogP) is 4.67. The first-order valence-electron chi connectivity index (χ1n) is 6.27. The first kappa shape index (κ1) is 14.3. The Balaban J connectivity index is 1.70. The minimum absolute atomic E-state index is 0.226. The van der Waals surface area contributed by atoms with Crippen LogP contribution in [0.5, 0.6) is 0 Å². The summed E-state index contributed by atoms with van der Waals surface area (Å²) < 4.78 is 14.5. The Labute approximate surface area is 134 Å². The minimum Gasteiger partial charge on any atom is -0.258 e. The molecule has 21 heavy (non-hydrogen) atoms. The molecule has 1 N–H and O–H groups in total. The van der Waals surface area contributed by atoms with Crippen molar-refractivity contribution in [3.63, 3.8) is 0 Å². The van der Waals surface area contributed by atoms with Gasteiger partial charge in [0.15, 0.2) is 5.82 Å². The number of benzene rings is 2. The summed E-state index contributed by atoms with van der Waals surface area (Å²) >= 11 is 4.65. The third-order valence-corrected chi connectivity index (χ3v) is 4.27. The van der Waals surface area contributed by atoms with Crippen molar-refractivity contribution in [3.8, 4) is 11.4 Å². The van der Waals surface area contributed by atoms with Crippen LogP contribution in [-0.2, 0) is 5.75 Å². The average Bonchev–Trinajstić information content (AvgIpc) is 2.96. The van der Waals surface area contributed by atoms with E-state index in [-0.39, 0.29) is 5.82 Å². The predicted molar refractivity (Wildman–Crippen MR) is 85.5 cm³/mol. The Kier molecular flexibility index (Phi) is 4.36. The van der Waals surface area contributed by atoms with Crippen molar-refractivity contribution in [2.75, 3.05) is 0 Å². The largest absolute Gasteiger partial charge is 0.258 e. The number of aromatic amines is 1. The first-order chi connectivity index (χ1) is 10.2. The van der Waals surface area contributed by atoms with Gasteiger partial charge in [0.05, 0.1) is 0 Å². The summed E-state index contributed by atoms with van der Waals surface area (Å²) in [6.07, 6.45) is 0. The maximum absolute atomic E-state index is 13.7. The van der Waals surface area contributed by atoms with Crippen molar-refractivity contribution in [3.05, 3.63) is 64.4 Å². The molecule has 2 aromatic carbocycles. The number of H-pyrrole nitrogens is 1. The molecule has 0 saturated carbocycles. The number of rotatable bonds is 4. The van der Waals surface area contributed by atoms with E-state index in [9.17, 15) is 4.39 Å². The molecule has 6 heteroatoms. The summed E-state index contributed by atoms with van der Waals surface area (Å²) in [7, 11) is 0. The fourth-order valence-electron chi connectivity index (χ4n) is 1.82.